The number of carbonyl (C=O) groups is 2. The Bertz CT molecular complexity index is 581. The first-order chi connectivity index (χ1) is 11.7. The molecule has 2 aliphatic heterocycles. The van der Waals surface area contributed by atoms with Crippen LogP contribution in [0.2, 0.25) is 0 Å². The summed E-state index contributed by atoms with van der Waals surface area (Å²) >= 11 is 0. The minimum Gasteiger partial charge on any atom is -0.467 e. The zero-order valence-corrected chi connectivity index (χ0v) is 13.3. The highest BCUT2D eigenvalue weighted by Crippen LogP contribution is 2.29. The molecule has 0 spiro atoms. The molecular weight excluding hydrogens is 316 g/mol. The fourth-order valence-corrected chi connectivity index (χ4v) is 2.82. The zero-order valence-electron chi connectivity index (χ0n) is 13.3. The molecule has 0 saturated carbocycles. The number of methoxy groups -OCH3 is 1. The van der Waals surface area contributed by atoms with Crippen molar-refractivity contribution >= 4 is 17.7 Å². The van der Waals surface area contributed by atoms with Gasteiger partial charge in [0.2, 0.25) is 0 Å². The van der Waals surface area contributed by atoms with Crippen LogP contribution in [0.4, 0.5) is 10.5 Å². The fourth-order valence-electron chi connectivity index (χ4n) is 2.82. The summed E-state index contributed by atoms with van der Waals surface area (Å²) in [4.78, 5) is 23.2. The van der Waals surface area contributed by atoms with Crippen LogP contribution in [0.15, 0.2) is 30.3 Å². The van der Waals surface area contributed by atoms with Crippen LogP contribution in [0.25, 0.3) is 0 Å². The minimum atomic E-state index is -0.451. The molecule has 4 unspecified atom stereocenters. The van der Waals surface area contributed by atoms with Gasteiger partial charge in [0.15, 0.2) is 0 Å². The maximum Gasteiger partial charge on any atom is 0.331 e. The zero-order chi connectivity index (χ0) is 16.9. The van der Waals surface area contributed by atoms with Crippen LogP contribution in [-0.2, 0) is 23.7 Å². The predicted molar refractivity (Wildman–Crippen MR) is 83.6 cm³/mol. The van der Waals surface area contributed by atoms with Crippen LogP contribution in [0.5, 0.6) is 0 Å². The van der Waals surface area contributed by atoms with E-state index in [-0.39, 0.29) is 37.0 Å². The molecule has 3 rings (SSSR count). The third-order valence-corrected chi connectivity index (χ3v) is 4.00. The summed E-state index contributed by atoms with van der Waals surface area (Å²) in [5, 5.41) is 5.60. The van der Waals surface area contributed by atoms with Gasteiger partial charge in [-0.25, -0.2) is 9.59 Å². The third kappa shape index (κ3) is 3.84. The van der Waals surface area contributed by atoms with Gasteiger partial charge in [0.1, 0.15) is 24.9 Å². The Morgan fingerprint density at radius 3 is 2.67 bits per heavy atom. The summed E-state index contributed by atoms with van der Waals surface area (Å²) in [6.07, 6.45) is -0.955. The fraction of sp³-hybridized carbons (Fsp3) is 0.500. The number of nitrogens with one attached hydrogen (secondary N) is 2. The number of urea groups is 1. The Hall–Kier alpha value is -2.16. The Labute approximate surface area is 139 Å². The third-order valence-electron chi connectivity index (χ3n) is 4.00. The van der Waals surface area contributed by atoms with Gasteiger partial charge in [-0.15, -0.1) is 0 Å². The van der Waals surface area contributed by atoms with E-state index in [1.54, 1.807) is 12.1 Å². The second-order valence-electron chi connectivity index (χ2n) is 5.59. The molecule has 8 heteroatoms. The largest absolute Gasteiger partial charge is 0.467 e. The number of para-hydroxylation sites is 1. The minimum absolute atomic E-state index is 0.149. The number of fused-ring (bicyclic) bond motifs is 1. The molecule has 2 aliphatic rings. The molecule has 24 heavy (non-hydrogen) atoms. The topological polar surface area (TPSA) is 95.1 Å². The highest BCUT2D eigenvalue weighted by molar-refractivity contribution is 5.89. The lowest BCUT2D eigenvalue weighted by molar-refractivity contribution is -0.150. The number of hydrogen-bond donors (Lipinski definition) is 2. The van der Waals surface area contributed by atoms with Gasteiger partial charge in [-0.2, -0.15) is 0 Å². The summed E-state index contributed by atoms with van der Waals surface area (Å²) in [6, 6.07) is 8.57. The standard InChI is InChI=1S/C16H20N2O6/c1-21-13(19)9-22-12-8-24-14-11(7-23-15(12)14)18-16(20)17-10-5-3-2-4-6-10/h2-6,11-12,14-15H,7-9H2,1H3,(H2,17,18,20). The van der Waals surface area contributed by atoms with Gasteiger partial charge in [0.05, 0.1) is 26.4 Å². The first kappa shape index (κ1) is 16.7. The summed E-state index contributed by atoms with van der Waals surface area (Å²) in [5.74, 6) is -0.451. The van der Waals surface area contributed by atoms with Gasteiger partial charge >= 0.3 is 12.0 Å². The maximum absolute atomic E-state index is 12.1. The molecule has 0 radical (unpaired) electrons. The number of amides is 2. The highest BCUT2D eigenvalue weighted by Gasteiger charge is 2.49. The van der Waals surface area contributed by atoms with Crippen LogP contribution >= 0.6 is 0 Å². The number of ether oxygens (including phenoxy) is 4. The first-order valence-corrected chi connectivity index (χ1v) is 7.71. The van der Waals surface area contributed by atoms with Crippen molar-refractivity contribution in [1.82, 2.24) is 5.32 Å². The molecule has 2 heterocycles. The van der Waals surface area contributed by atoms with Crippen LogP contribution in [0.3, 0.4) is 0 Å². The van der Waals surface area contributed by atoms with Gasteiger partial charge in [-0.3, -0.25) is 0 Å². The van der Waals surface area contributed by atoms with Gasteiger partial charge in [-0.1, -0.05) is 18.2 Å². The SMILES string of the molecule is COC(=O)COC1COC2C(NC(=O)Nc3ccccc3)COC12. The Balaban J connectivity index is 1.49. The van der Waals surface area contributed by atoms with Gasteiger partial charge < -0.3 is 29.6 Å². The molecule has 2 fully saturated rings. The first-order valence-electron chi connectivity index (χ1n) is 7.71. The van der Waals surface area contributed by atoms with Crippen LogP contribution in [0.1, 0.15) is 0 Å². The van der Waals surface area contributed by atoms with E-state index < -0.39 is 5.97 Å². The van der Waals surface area contributed by atoms with E-state index in [0.29, 0.717) is 18.9 Å². The molecule has 8 nitrogen and oxygen atoms in total. The second kappa shape index (κ2) is 7.61. The van der Waals surface area contributed by atoms with Crippen molar-refractivity contribution in [3.8, 4) is 0 Å². The molecule has 0 aromatic heterocycles. The summed E-state index contributed by atoms with van der Waals surface area (Å²) in [6.45, 7) is 0.490. The molecule has 130 valence electrons. The van der Waals surface area contributed by atoms with Crippen molar-refractivity contribution < 1.29 is 28.5 Å². The van der Waals surface area contributed by atoms with E-state index >= 15 is 0 Å². The maximum atomic E-state index is 12.1. The molecule has 0 bridgehead atoms. The number of esters is 1. The Morgan fingerprint density at radius 1 is 1.17 bits per heavy atom. The molecule has 1 aromatic carbocycles. The monoisotopic (exact) mass is 336 g/mol. The number of anilines is 1. The lowest BCUT2D eigenvalue weighted by atomic mass is 10.1. The van der Waals surface area contributed by atoms with Crippen molar-refractivity contribution in [2.75, 3.05) is 32.2 Å². The van der Waals surface area contributed by atoms with Gasteiger partial charge in [0.25, 0.3) is 0 Å². The van der Waals surface area contributed by atoms with Crippen molar-refractivity contribution in [2.24, 2.45) is 0 Å². The normalized spacial score (nSPS) is 28.2. The number of rotatable bonds is 5. The number of benzene rings is 1. The molecule has 4 atom stereocenters. The molecule has 2 N–H and O–H groups in total. The Kier molecular flexibility index (Phi) is 5.29. The van der Waals surface area contributed by atoms with Crippen LogP contribution < -0.4 is 10.6 Å². The Morgan fingerprint density at radius 2 is 1.92 bits per heavy atom. The lowest BCUT2D eigenvalue weighted by Gasteiger charge is -2.18. The molecular formula is C16H20N2O6. The summed E-state index contributed by atoms with van der Waals surface area (Å²) in [7, 11) is 1.30. The average molecular weight is 336 g/mol. The molecule has 2 saturated heterocycles. The van der Waals surface area contributed by atoms with Crippen molar-refractivity contribution in [3.05, 3.63) is 30.3 Å². The number of carbonyl (C=O) groups excluding carboxylic acids is 2. The van der Waals surface area contributed by atoms with Crippen molar-refractivity contribution in [1.29, 1.82) is 0 Å². The van der Waals surface area contributed by atoms with E-state index in [0.717, 1.165) is 0 Å². The average Bonchev–Trinajstić information content (AvgIpc) is 3.16. The smallest absolute Gasteiger partial charge is 0.331 e. The predicted octanol–water partition coefficient (Wildman–Crippen LogP) is 0.532. The van der Waals surface area contributed by atoms with Gasteiger partial charge in [0, 0.05) is 5.69 Å². The summed E-state index contributed by atoms with van der Waals surface area (Å²) in [5.41, 5.74) is 0.706. The number of hydrogen-bond acceptors (Lipinski definition) is 6. The van der Waals surface area contributed by atoms with Crippen LogP contribution in [0, 0.1) is 0 Å². The van der Waals surface area contributed by atoms with E-state index in [1.807, 2.05) is 18.2 Å². The van der Waals surface area contributed by atoms with Crippen molar-refractivity contribution in [2.45, 2.75) is 24.4 Å². The van der Waals surface area contributed by atoms with E-state index in [4.69, 9.17) is 14.2 Å². The van der Waals surface area contributed by atoms with E-state index in [9.17, 15) is 9.59 Å². The van der Waals surface area contributed by atoms with Crippen LogP contribution in [-0.4, -0.2) is 63.3 Å². The highest BCUT2D eigenvalue weighted by atomic mass is 16.6. The van der Waals surface area contributed by atoms with Gasteiger partial charge in [-0.05, 0) is 12.1 Å². The van der Waals surface area contributed by atoms with E-state index in [1.165, 1.54) is 7.11 Å². The quantitative estimate of drug-likeness (QED) is 0.762. The lowest BCUT2D eigenvalue weighted by Crippen LogP contribution is -2.46. The molecule has 0 aliphatic carbocycles. The molecule has 2 amide bonds. The molecule has 1 aromatic rings. The van der Waals surface area contributed by atoms with E-state index in [2.05, 4.69) is 15.4 Å². The summed E-state index contributed by atoms with van der Waals surface area (Å²) < 4.78 is 21.4. The second-order valence-corrected chi connectivity index (χ2v) is 5.59. The van der Waals surface area contributed by atoms with Crippen molar-refractivity contribution in [3.63, 3.8) is 0 Å².